The summed E-state index contributed by atoms with van der Waals surface area (Å²) in [5.41, 5.74) is 3.70. The van der Waals surface area contributed by atoms with Crippen LogP contribution in [0.2, 0.25) is 0 Å². The highest BCUT2D eigenvalue weighted by Gasteiger charge is 2.20. The molecule has 0 saturated heterocycles. The largest absolute Gasteiger partial charge is 0.271 e. The molecule has 0 N–H and O–H groups in total. The molecule has 0 unspecified atom stereocenters. The molecular formula is C14H12O3S. The van der Waals surface area contributed by atoms with Gasteiger partial charge in [-0.25, -0.2) is 0 Å². The minimum Gasteiger partial charge on any atom is -0.265 e. The van der Waals surface area contributed by atoms with Crippen molar-refractivity contribution in [2.75, 3.05) is 0 Å². The highest BCUT2D eigenvalue weighted by molar-refractivity contribution is 7.85. The summed E-state index contributed by atoms with van der Waals surface area (Å²) in [6.45, 7) is 0.104. The lowest BCUT2D eigenvalue weighted by atomic mass is 9.96. The molecule has 0 fully saturated rings. The van der Waals surface area contributed by atoms with Gasteiger partial charge >= 0.3 is 0 Å². The van der Waals surface area contributed by atoms with Gasteiger partial charge in [-0.05, 0) is 22.3 Å². The standard InChI is InChI=1S/C14H12O3S/c15-18(16)10-12-6-2-4-8-14(12)13-7-3-1-5-11(13)9-17-18/h1-8H,9-10H2. The SMILES string of the molecule is O=S1(=O)Cc2ccccc2-c2ccccc2CO1. The second-order valence-electron chi connectivity index (χ2n) is 4.28. The minimum absolute atomic E-state index is 0.0719. The molecule has 3 rings (SSSR count). The molecule has 0 saturated carbocycles. The summed E-state index contributed by atoms with van der Waals surface area (Å²) in [5.74, 6) is -0.0719. The van der Waals surface area contributed by atoms with Gasteiger partial charge in [-0.2, -0.15) is 8.42 Å². The van der Waals surface area contributed by atoms with Crippen LogP contribution in [0.4, 0.5) is 0 Å². The average molecular weight is 260 g/mol. The molecule has 0 aliphatic carbocycles. The summed E-state index contributed by atoms with van der Waals surface area (Å²) in [6, 6.07) is 15.3. The van der Waals surface area contributed by atoms with E-state index >= 15 is 0 Å². The van der Waals surface area contributed by atoms with Crippen molar-refractivity contribution in [3.8, 4) is 11.1 Å². The first kappa shape index (κ1) is 11.4. The van der Waals surface area contributed by atoms with Gasteiger partial charge in [0, 0.05) is 0 Å². The van der Waals surface area contributed by atoms with Gasteiger partial charge in [0.05, 0.1) is 6.61 Å². The van der Waals surface area contributed by atoms with Crippen molar-refractivity contribution >= 4 is 10.1 Å². The molecule has 1 aliphatic heterocycles. The second-order valence-corrected chi connectivity index (χ2v) is 5.92. The molecule has 0 radical (unpaired) electrons. The van der Waals surface area contributed by atoms with E-state index in [1.807, 2.05) is 48.5 Å². The van der Waals surface area contributed by atoms with Crippen molar-refractivity contribution in [2.24, 2.45) is 0 Å². The van der Waals surface area contributed by atoms with Gasteiger partial charge in [0.2, 0.25) is 0 Å². The average Bonchev–Trinajstić information content (AvgIpc) is 2.36. The monoisotopic (exact) mass is 260 g/mol. The van der Waals surface area contributed by atoms with E-state index in [0.717, 1.165) is 22.3 Å². The Balaban J connectivity index is 2.27. The van der Waals surface area contributed by atoms with Gasteiger partial charge < -0.3 is 0 Å². The minimum atomic E-state index is -3.50. The van der Waals surface area contributed by atoms with Crippen LogP contribution in [-0.4, -0.2) is 8.42 Å². The van der Waals surface area contributed by atoms with Crippen LogP contribution >= 0.6 is 0 Å². The Kier molecular flexibility index (Phi) is 2.69. The Hall–Kier alpha value is -1.65. The van der Waals surface area contributed by atoms with Crippen LogP contribution in [0.1, 0.15) is 11.1 Å². The van der Waals surface area contributed by atoms with Crippen LogP contribution < -0.4 is 0 Å². The van der Waals surface area contributed by atoms with E-state index in [-0.39, 0.29) is 12.4 Å². The first-order valence-electron chi connectivity index (χ1n) is 5.69. The predicted molar refractivity (Wildman–Crippen MR) is 69.3 cm³/mol. The Morgan fingerprint density at radius 1 is 0.833 bits per heavy atom. The first-order chi connectivity index (χ1) is 8.66. The molecule has 0 aromatic heterocycles. The number of benzene rings is 2. The number of hydrogen-bond donors (Lipinski definition) is 0. The maximum Gasteiger partial charge on any atom is 0.271 e. The maximum atomic E-state index is 11.8. The highest BCUT2D eigenvalue weighted by atomic mass is 32.2. The summed E-state index contributed by atoms with van der Waals surface area (Å²) in [4.78, 5) is 0. The van der Waals surface area contributed by atoms with Crippen molar-refractivity contribution in [3.05, 3.63) is 59.7 Å². The first-order valence-corrected chi connectivity index (χ1v) is 7.27. The van der Waals surface area contributed by atoms with Crippen LogP contribution in [0.25, 0.3) is 11.1 Å². The molecular weight excluding hydrogens is 248 g/mol. The lowest BCUT2D eigenvalue weighted by molar-refractivity contribution is 0.307. The second kappa shape index (κ2) is 4.23. The van der Waals surface area contributed by atoms with Gasteiger partial charge in [-0.15, -0.1) is 0 Å². The van der Waals surface area contributed by atoms with Crippen molar-refractivity contribution in [3.63, 3.8) is 0 Å². The Labute approximate surface area is 106 Å². The molecule has 0 spiro atoms. The fourth-order valence-electron chi connectivity index (χ4n) is 2.20. The topological polar surface area (TPSA) is 43.4 Å². The van der Waals surface area contributed by atoms with Crippen LogP contribution in [-0.2, 0) is 26.7 Å². The van der Waals surface area contributed by atoms with Crippen LogP contribution in [0.3, 0.4) is 0 Å². The zero-order valence-corrected chi connectivity index (χ0v) is 10.5. The zero-order chi connectivity index (χ0) is 12.6. The molecule has 0 bridgehead atoms. The van der Waals surface area contributed by atoms with Crippen molar-refractivity contribution < 1.29 is 12.6 Å². The molecule has 1 heterocycles. The number of fused-ring (bicyclic) bond motifs is 3. The van der Waals surface area contributed by atoms with E-state index < -0.39 is 10.1 Å². The third-order valence-corrected chi connectivity index (χ3v) is 4.19. The summed E-state index contributed by atoms with van der Waals surface area (Å²) in [7, 11) is -3.50. The lowest BCUT2D eigenvalue weighted by Gasteiger charge is -2.17. The summed E-state index contributed by atoms with van der Waals surface area (Å²) in [5, 5.41) is 0. The van der Waals surface area contributed by atoms with E-state index in [4.69, 9.17) is 4.18 Å². The fraction of sp³-hybridized carbons (Fsp3) is 0.143. The van der Waals surface area contributed by atoms with E-state index in [2.05, 4.69) is 0 Å². The van der Waals surface area contributed by atoms with Gasteiger partial charge in [0.1, 0.15) is 5.75 Å². The predicted octanol–water partition coefficient (Wildman–Crippen LogP) is 2.71. The molecule has 92 valence electrons. The van der Waals surface area contributed by atoms with Crippen molar-refractivity contribution in [1.82, 2.24) is 0 Å². The number of rotatable bonds is 0. The summed E-state index contributed by atoms with van der Waals surface area (Å²) >= 11 is 0. The Bertz CT molecular complexity index is 690. The normalized spacial score (nSPS) is 17.1. The van der Waals surface area contributed by atoms with E-state index in [1.54, 1.807) is 0 Å². The van der Waals surface area contributed by atoms with Crippen molar-refractivity contribution in [1.29, 1.82) is 0 Å². The molecule has 4 heteroatoms. The lowest BCUT2D eigenvalue weighted by Crippen LogP contribution is -2.12. The zero-order valence-electron chi connectivity index (χ0n) is 9.67. The highest BCUT2D eigenvalue weighted by Crippen LogP contribution is 2.31. The van der Waals surface area contributed by atoms with Gasteiger partial charge in [-0.3, -0.25) is 4.18 Å². The Morgan fingerprint density at radius 3 is 2.11 bits per heavy atom. The molecule has 18 heavy (non-hydrogen) atoms. The van der Waals surface area contributed by atoms with E-state index in [1.165, 1.54) is 0 Å². The van der Waals surface area contributed by atoms with Gasteiger partial charge in [0.15, 0.2) is 0 Å². The van der Waals surface area contributed by atoms with Crippen LogP contribution in [0, 0.1) is 0 Å². The maximum absolute atomic E-state index is 11.8. The molecule has 2 aromatic rings. The molecule has 0 amide bonds. The van der Waals surface area contributed by atoms with Crippen LogP contribution in [0.15, 0.2) is 48.5 Å². The van der Waals surface area contributed by atoms with E-state index in [9.17, 15) is 8.42 Å². The summed E-state index contributed by atoms with van der Waals surface area (Å²) in [6.07, 6.45) is 0. The van der Waals surface area contributed by atoms with Gasteiger partial charge in [-0.1, -0.05) is 48.5 Å². The molecule has 3 nitrogen and oxygen atoms in total. The molecule has 0 atom stereocenters. The fourth-order valence-corrected chi connectivity index (χ4v) is 3.23. The smallest absolute Gasteiger partial charge is 0.265 e. The van der Waals surface area contributed by atoms with Crippen LogP contribution in [0.5, 0.6) is 0 Å². The van der Waals surface area contributed by atoms with Crippen molar-refractivity contribution in [2.45, 2.75) is 12.4 Å². The number of hydrogen-bond acceptors (Lipinski definition) is 3. The van der Waals surface area contributed by atoms with Gasteiger partial charge in [0.25, 0.3) is 10.1 Å². The molecule has 2 aromatic carbocycles. The summed E-state index contributed by atoms with van der Waals surface area (Å²) < 4.78 is 28.6. The Morgan fingerprint density at radius 2 is 1.39 bits per heavy atom. The third kappa shape index (κ3) is 2.05. The van der Waals surface area contributed by atoms with E-state index in [0.29, 0.717) is 0 Å². The molecule has 1 aliphatic rings. The third-order valence-electron chi connectivity index (χ3n) is 3.05. The quantitative estimate of drug-likeness (QED) is 0.684.